The fraction of sp³-hybridized carbons (Fsp3) is 0.680. The molecule has 1 atom stereocenters. The Morgan fingerprint density at radius 2 is 1.90 bits per heavy atom. The lowest BCUT2D eigenvalue weighted by Crippen LogP contribution is -2.47. The second kappa shape index (κ2) is 9.68. The summed E-state index contributed by atoms with van der Waals surface area (Å²) >= 11 is 0. The molecule has 1 heterocycles. The lowest BCUT2D eigenvalue weighted by atomic mass is 9.63. The van der Waals surface area contributed by atoms with Crippen LogP contribution in [0.25, 0.3) is 0 Å². The van der Waals surface area contributed by atoms with Crippen LogP contribution in [0.4, 0.5) is 4.39 Å². The molecule has 2 amide bonds. The van der Waals surface area contributed by atoms with E-state index in [0.29, 0.717) is 12.0 Å². The van der Waals surface area contributed by atoms with E-state index < -0.39 is 0 Å². The van der Waals surface area contributed by atoms with Gasteiger partial charge in [-0.1, -0.05) is 26.8 Å². The molecule has 0 saturated carbocycles. The van der Waals surface area contributed by atoms with Gasteiger partial charge in [0.05, 0.1) is 6.04 Å². The van der Waals surface area contributed by atoms with Crippen LogP contribution in [0.2, 0.25) is 0 Å². The van der Waals surface area contributed by atoms with Crippen LogP contribution in [0.5, 0.6) is 0 Å². The number of carbonyl (C=O) groups is 2. The molecular formula is C25H38FN3O2. The van der Waals surface area contributed by atoms with Crippen LogP contribution in [-0.4, -0.2) is 42.9 Å². The normalized spacial score (nSPS) is 20.9. The largest absolute Gasteiger partial charge is 0.356 e. The lowest BCUT2D eigenvalue weighted by Gasteiger charge is -2.47. The summed E-state index contributed by atoms with van der Waals surface area (Å²) in [4.78, 5) is 26.0. The minimum atomic E-state index is -0.203. The summed E-state index contributed by atoms with van der Waals surface area (Å²) in [6.45, 7) is 11.8. The lowest BCUT2D eigenvalue weighted by molar-refractivity contribution is -0.122. The van der Waals surface area contributed by atoms with Crippen LogP contribution < -0.4 is 10.6 Å². The molecular weight excluding hydrogens is 393 g/mol. The number of nitrogens with one attached hydrogen (secondary N) is 2. The Labute approximate surface area is 186 Å². The second-order valence-electron chi connectivity index (χ2n) is 10.6. The molecule has 1 aromatic carbocycles. The number of fused-ring (bicyclic) bond motifs is 2. The molecule has 3 rings (SSSR count). The third-order valence-corrected chi connectivity index (χ3v) is 6.93. The van der Waals surface area contributed by atoms with Gasteiger partial charge in [-0.25, -0.2) is 4.39 Å². The summed E-state index contributed by atoms with van der Waals surface area (Å²) in [7, 11) is 0. The van der Waals surface area contributed by atoms with E-state index in [1.54, 1.807) is 6.07 Å². The number of rotatable bonds is 6. The van der Waals surface area contributed by atoms with E-state index in [1.165, 1.54) is 19.4 Å². The Kier molecular flexibility index (Phi) is 7.40. The summed E-state index contributed by atoms with van der Waals surface area (Å²) in [6, 6.07) is 4.98. The minimum absolute atomic E-state index is 0.00702. The zero-order valence-electron chi connectivity index (χ0n) is 19.5. The summed E-state index contributed by atoms with van der Waals surface area (Å²) in [5.41, 5.74) is 2.48. The molecule has 1 aliphatic heterocycles. The smallest absolute Gasteiger partial charge is 0.222 e. The quantitative estimate of drug-likeness (QED) is 0.714. The van der Waals surface area contributed by atoms with Crippen molar-refractivity contribution in [3.8, 4) is 0 Å². The Morgan fingerprint density at radius 1 is 1.19 bits per heavy atom. The molecule has 31 heavy (non-hydrogen) atoms. The second-order valence-corrected chi connectivity index (χ2v) is 10.6. The van der Waals surface area contributed by atoms with Gasteiger partial charge in [-0.2, -0.15) is 0 Å². The maximum atomic E-state index is 14.3. The molecule has 0 radical (unpaired) electrons. The Bertz CT molecular complexity index is 794. The number of likely N-dealkylation sites (tertiary alicyclic amines) is 1. The van der Waals surface area contributed by atoms with Crippen molar-refractivity contribution in [2.24, 2.45) is 5.41 Å². The molecule has 0 bridgehead atoms. The van der Waals surface area contributed by atoms with Gasteiger partial charge in [0.25, 0.3) is 0 Å². The van der Waals surface area contributed by atoms with E-state index >= 15 is 0 Å². The molecule has 6 heteroatoms. The zero-order chi connectivity index (χ0) is 22.6. The van der Waals surface area contributed by atoms with Crippen molar-refractivity contribution in [2.75, 3.05) is 26.2 Å². The number of benzene rings is 1. The highest BCUT2D eigenvalue weighted by atomic mass is 19.1. The van der Waals surface area contributed by atoms with Gasteiger partial charge in [0.1, 0.15) is 5.82 Å². The Balaban J connectivity index is 1.68. The predicted octanol–water partition coefficient (Wildman–Crippen LogP) is 4.07. The summed E-state index contributed by atoms with van der Waals surface area (Å²) in [5, 5.41) is 5.77. The maximum absolute atomic E-state index is 14.3. The monoisotopic (exact) mass is 431 g/mol. The molecule has 1 aliphatic carbocycles. The first-order valence-electron chi connectivity index (χ1n) is 11.6. The molecule has 0 unspecified atom stereocenters. The van der Waals surface area contributed by atoms with Crippen molar-refractivity contribution in [3.63, 3.8) is 0 Å². The third kappa shape index (κ3) is 6.28. The van der Waals surface area contributed by atoms with Crippen LogP contribution in [0.1, 0.15) is 83.4 Å². The van der Waals surface area contributed by atoms with E-state index in [9.17, 15) is 14.0 Å². The van der Waals surface area contributed by atoms with E-state index in [0.717, 1.165) is 56.4 Å². The van der Waals surface area contributed by atoms with Gasteiger partial charge in [0, 0.05) is 19.9 Å². The van der Waals surface area contributed by atoms with Gasteiger partial charge < -0.3 is 15.5 Å². The SMILES string of the molecule is CC(=O)NCCC(=O)N[C@H]1CCC2(CCN(CCC(C)(C)C)CC2)c2cc(F)ccc21. The van der Waals surface area contributed by atoms with Crippen LogP contribution in [0.15, 0.2) is 18.2 Å². The van der Waals surface area contributed by atoms with Crippen molar-refractivity contribution >= 4 is 11.8 Å². The first-order valence-corrected chi connectivity index (χ1v) is 11.6. The summed E-state index contributed by atoms with van der Waals surface area (Å²) in [5.74, 6) is -0.421. The van der Waals surface area contributed by atoms with Crippen LogP contribution in [0.3, 0.4) is 0 Å². The first-order chi connectivity index (χ1) is 14.6. The molecule has 1 saturated heterocycles. The number of carbonyl (C=O) groups excluding carboxylic acids is 2. The molecule has 2 N–H and O–H groups in total. The predicted molar refractivity (Wildman–Crippen MR) is 121 cm³/mol. The van der Waals surface area contributed by atoms with E-state index in [-0.39, 0.29) is 35.5 Å². The van der Waals surface area contributed by atoms with Gasteiger partial charge in [-0.3, -0.25) is 9.59 Å². The zero-order valence-corrected chi connectivity index (χ0v) is 19.5. The third-order valence-electron chi connectivity index (χ3n) is 6.93. The van der Waals surface area contributed by atoms with Crippen LogP contribution >= 0.6 is 0 Å². The standard InChI is InChI=1S/C25H38FN3O2/c1-18(30)27-13-8-23(31)28-22-7-9-25(21-17-19(26)5-6-20(21)22)11-15-29(16-12-25)14-10-24(2,3)4/h5-6,17,22H,7-16H2,1-4H3,(H,27,30)(H,28,31)/t22-/m0/s1. The van der Waals surface area contributed by atoms with Crippen molar-refractivity contribution < 1.29 is 14.0 Å². The van der Waals surface area contributed by atoms with Gasteiger partial charge in [-0.05, 0) is 85.8 Å². The molecule has 5 nitrogen and oxygen atoms in total. The fourth-order valence-corrected chi connectivity index (χ4v) is 4.99. The summed E-state index contributed by atoms with van der Waals surface area (Å²) in [6.07, 6.45) is 5.34. The van der Waals surface area contributed by atoms with E-state index in [2.05, 4.69) is 36.3 Å². The van der Waals surface area contributed by atoms with Crippen molar-refractivity contribution in [1.82, 2.24) is 15.5 Å². The molecule has 1 aromatic rings. The molecule has 1 fully saturated rings. The number of halogens is 1. The number of piperidine rings is 1. The summed E-state index contributed by atoms with van der Waals surface area (Å²) < 4.78 is 14.3. The van der Waals surface area contributed by atoms with Crippen LogP contribution in [0, 0.1) is 11.2 Å². The highest BCUT2D eigenvalue weighted by Crippen LogP contribution is 2.48. The van der Waals surface area contributed by atoms with Crippen molar-refractivity contribution in [1.29, 1.82) is 0 Å². The number of hydrogen-bond donors (Lipinski definition) is 2. The highest BCUT2D eigenvalue weighted by molar-refractivity contribution is 5.78. The average Bonchev–Trinajstić information content (AvgIpc) is 2.69. The topological polar surface area (TPSA) is 61.4 Å². The molecule has 1 spiro atoms. The Hall–Kier alpha value is -1.95. The molecule has 2 aliphatic rings. The van der Waals surface area contributed by atoms with E-state index in [1.807, 2.05) is 6.07 Å². The van der Waals surface area contributed by atoms with Gasteiger partial charge in [0.15, 0.2) is 0 Å². The fourth-order valence-electron chi connectivity index (χ4n) is 4.99. The highest BCUT2D eigenvalue weighted by Gasteiger charge is 2.42. The van der Waals surface area contributed by atoms with Crippen LogP contribution in [-0.2, 0) is 15.0 Å². The molecule has 172 valence electrons. The van der Waals surface area contributed by atoms with Crippen molar-refractivity contribution in [2.45, 2.75) is 77.7 Å². The number of amides is 2. The van der Waals surface area contributed by atoms with Gasteiger partial charge in [0.2, 0.25) is 11.8 Å². The minimum Gasteiger partial charge on any atom is -0.356 e. The number of nitrogens with zero attached hydrogens (tertiary/aromatic N) is 1. The maximum Gasteiger partial charge on any atom is 0.222 e. The average molecular weight is 432 g/mol. The molecule has 0 aromatic heterocycles. The van der Waals surface area contributed by atoms with Gasteiger partial charge >= 0.3 is 0 Å². The van der Waals surface area contributed by atoms with E-state index in [4.69, 9.17) is 0 Å². The Morgan fingerprint density at radius 3 is 2.55 bits per heavy atom. The van der Waals surface area contributed by atoms with Crippen molar-refractivity contribution in [3.05, 3.63) is 35.1 Å². The number of hydrogen-bond acceptors (Lipinski definition) is 3. The van der Waals surface area contributed by atoms with Gasteiger partial charge in [-0.15, -0.1) is 0 Å². The first kappa shape index (κ1) is 23.7.